The van der Waals surface area contributed by atoms with Crippen LogP contribution in [0.5, 0.6) is 5.75 Å². The SMILES string of the molecule is C[C@H]1C[C@H](Oc2cccc(C(F)(F)F)c2)CCO1. The summed E-state index contributed by atoms with van der Waals surface area (Å²) in [7, 11) is 0. The van der Waals surface area contributed by atoms with E-state index in [0.29, 0.717) is 19.4 Å². The first-order valence-electron chi connectivity index (χ1n) is 5.90. The minimum Gasteiger partial charge on any atom is -0.490 e. The van der Waals surface area contributed by atoms with Gasteiger partial charge in [-0.15, -0.1) is 0 Å². The van der Waals surface area contributed by atoms with Gasteiger partial charge in [-0.1, -0.05) is 6.07 Å². The van der Waals surface area contributed by atoms with Gasteiger partial charge in [-0.25, -0.2) is 0 Å². The van der Waals surface area contributed by atoms with Gasteiger partial charge in [0.05, 0.1) is 18.3 Å². The van der Waals surface area contributed by atoms with Gasteiger partial charge in [-0.2, -0.15) is 13.2 Å². The molecule has 0 amide bonds. The first kappa shape index (κ1) is 13.2. The Morgan fingerprint density at radius 3 is 2.78 bits per heavy atom. The smallest absolute Gasteiger partial charge is 0.416 e. The van der Waals surface area contributed by atoms with E-state index in [0.717, 1.165) is 12.1 Å². The minimum absolute atomic E-state index is 0.0720. The molecule has 0 bridgehead atoms. The Kier molecular flexibility index (Phi) is 3.80. The lowest BCUT2D eigenvalue weighted by molar-refractivity contribution is -0.137. The van der Waals surface area contributed by atoms with Crippen molar-refractivity contribution in [2.45, 2.75) is 38.1 Å². The summed E-state index contributed by atoms with van der Waals surface area (Å²) in [5.41, 5.74) is -0.680. The van der Waals surface area contributed by atoms with Crippen molar-refractivity contribution in [2.75, 3.05) is 6.61 Å². The van der Waals surface area contributed by atoms with Gasteiger partial charge in [0, 0.05) is 12.8 Å². The molecule has 2 nitrogen and oxygen atoms in total. The maximum absolute atomic E-state index is 12.5. The number of alkyl halides is 3. The highest BCUT2D eigenvalue weighted by molar-refractivity contribution is 5.30. The first-order chi connectivity index (χ1) is 8.45. The zero-order valence-electron chi connectivity index (χ0n) is 10.0. The van der Waals surface area contributed by atoms with Gasteiger partial charge in [0.15, 0.2) is 0 Å². The molecule has 0 N–H and O–H groups in total. The number of hydrogen-bond acceptors (Lipinski definition) is 2. The topological polar surface area (TPSA) is 18.5 Å². The summed E-state index contributed by atoms with van der Waals surface area (Å²) in [5.74, 6) is 0.268. The molecule has 1 aromatic rings. The quantitative estimate of drug-likeness (QED) is 0.808. The normalized spacial score (nSPS) is 24.9. The molecule has 0 unspecified atom stereocenters. The van der Waals surface area contributed by atoms with Crippen molar-refractivity contribution in [1.82, 2.24) is 0 Å². The van der Waals surface area contributed by atoms with E-state index < -0.39 is 11.7 Å². The lowest BCUT2D eigenvalue weighted by atomic mass is 10.1. The van der Waals surface area contributed by atoms with E-state index in [1.165, 1.54) is 6.07 Å². The van der Waals surface area contributed by atoms with Gasteiger partial charge in [-0.3, -0.25) is 0 Å². The van der Waals surface area contributed by atoms with Crippen LogP contribution in [0.4, 0.5) is 13.2 Å². The lowest BCUT2D eigenvalue weighted by Crippen LogP contribution is -2.31. The third kappa shape index (κ3) is 3.38. The average molecular weight is 260 g/mol. The molecule has 1 heterocycles. The molecule has 0 spiro atoms. The van der Waals surface area contributed by atoms with Gasteiger partial charge >= 0.3 is 6.18 Å². The van der Waals surface area contributed by atoms with Gasteiger partial charge in [0.2, 0.25) is 0 Å². The maximum atomic E-state index is 12.5. The Morgan fingerprint density at radius 1 is 1.33 bits per heavy atom. The Hall–Kier alpha value is -1.23. The van der Waals surface area contributed by atoms with Crippen molar-refractivity contribution in [3.8, 4) is 5.75 Å². The second kappa shape index (κ2) is 5.18. The molecule has 2 rings (SSSR count). The van der Waals surface area contributed by atoms with Gasteiger partial charge in [0.1, 0.15) is 11.9 Å². The van der Waals surface area contributed by atoms with Crippen LogP contribution in [-0.2, 0) is 10.9 Å². The highest BCUT2D eigenvalue weighted by Crippen LogP contribution is 2.32. The highest BCUT2D eigenvalue weighted by atomic mass is 19.4. The van der Waals surface area contributed by atoms with Crippen molar-refractivity contribution in [3.63, 3.8) is 0 Å². The lowest BCUT2D eigenvalue weighted by Gasteiger charge is -2.28. The van der Waals surface area contributed by atoms with Crippen LogP contribution in [0, 0.1) is 0 Å². The minimum atomic E-state index is -4.33. The van der Waals surface area contributed by atoms with E-state index >= 15 is 0 Å². The van der Waals surface area contributed by atoms with E-state index in [1.54, 1.807) is 6.07 Å². The van der Waals surface area contributed by atoms with Gasteiger partial charge in [-0.05, 0) is 25.1 Å². The van der Waals surface area contributed by atoms with Crippen LogP contribution in [0.15, 0.2) is 24.3 Å². The average Bonchev–Trinajstić information content (AvgIpc) is 2.28. The number of rotatable bonds is 2. The molecule has 0 radical (unpaired) electrons. The largest absolute Gasteiger partial charge is 0.490 e. The third-order valence-corrected chi connectivity index (χ3v) is 2.90. The summed E-state index contributed by atoms with van der Waals surface area (Å²) >= 11 is 0. The van der Waals surface area contributed by atoms with Crippen LogP contribution in [-0.4, -0.2) is 18.8 Å². The van der Waals surface area contributed by atoms with E-state index in [1.807, 2.05) is 6.92 Å². The fourth-order valence-corrected chi connectivity index (χ4v) is 2.00. The summed E-state index contributed by atoms with van der Waals surface area (Å²) < 4.78 is 48.5. The molecule has 1 fully saturated rings. The molecule has 1 aromatic carbocycles. The molecular formula is C13H15F3O2. The summed E-state index contributed by atoms with van der Waals surface area (Å²) in [4.78, 5) is 0. The van der Waals surface area contributed by atoms with Crippen molar-refractivity contribution in [3.05, 3.63) is 29.8 Å². The van der Waals surface area contributed by atoms with E-state index in [4.69, 9.17) is 9.47 Å². The molecule has 0 saturated carbocycles. The van der Waals surface area contributed by atoms with Gasteiger partial charge in [0.25, 0.3) is 0 Å². The van der Waals surface area contributed by atoms with E-state index in [9.17, 15) is 13.2 Å². The van der Waals surface area contributed by atoms with Crippen LogP contribution in [0.3, 0.4) is 0 Å². The zero-order valence-corrected chi connectivity index (χ0v) is 10.0. The standard InChI is InChI=1S/C13H15F3O2/c1-9-7-12(5-6-17-9)18-11-4-2-3-10(8-11)13(14,15)16/h2-4,8-9,12H,5-7H2,1H3/t9-,12+/m0/s1. The summed E-state index contributed by atoms with van der Waals surface area (Å²) in [6, 6.07) is 5.00. The van der Waals surface area contributed by atoms with Crippen LogP contribution >= 0.6 is 0 Å². The summed E-state index contributed by atoms with van der Waals surface area (Å²) in [6.07, 6.45) is -2.90. The number of hydrogen-bond donors (Lipinski definition) is 0. The Morgan fingerprint density at radius 2 is 2.11 bits per heavy atom. The predicted molar refractivity (Wildman–Crippen MR) is 60.5 cm³/mol. The maximum Gasteiger partial charge on any atom is 0.416 e. The van der Waals surface area contributed by atoms with E-state index in [2.05, 4.69) is 0 Å². The molecule has 18 heavy (non-hydrogen) atoms. The fourth-order valence-electron chi connectivity index (χ4n) is 2.00. The van der Waals surface area contributed by atoms with Crippen molar-refractivity contribution >= 4 is 0 Å². The zero-order chi connectivity index (χ0) is 13.2. The molecule has 1 aliphatic rings. The molecule has 1 saturated heterocycles. The fraction of sp³-hybridized carbons (Fsp3) is 0.538. The molecule has 2 atom stereocenters. The summed E-state index contributed by atoms with van der Waals surface area (Å²) in [5, 5.41) is 0. The van der Waals surface area contributed by atoms with Crippen LogP contribution in [0.25, 0.3) is 0 Å². The molecule has 1 aliphatic heterocycles. The second-order valence-electron chi connectivity index (χ2n) is 4.47. The first-order valence-corrected chi connectivity index (χ1v) is 5.90. The molecule has 0 aromatic heterocycles. The molecular weight excluding hydrogens is 245 g/mol. The predicted octanol–water partition coefficient (Wildman–Crippen LogP) is 3.65. The Bertz CT molecular complexity index is 403. The van der Waals surface area contributed by atoms with Crippen molar-refractivity contribution in [1.29, 1.82) is 0 Å². The Balaban J connectivity index is 2.05. The monoisotopic (exact) mass is 260 g/mol. The third-order valence-electron chi connectivity index (χ3n) is 2.90. The van der Waals surface area contributed by atoms with Crippen LogP contribution < -0.4 is 4.74 Å². The second-order valence-corrected chi connectivity index (χ2v) is 4.47. The number of halogens is 3. The number of benzene rings is 1. The van der Waals surface area contributed by atoms with Crippen LogP contribution in [0.2, 0.25) is 0 Å². The van der Waals surface area contributed by atoms with Crippen molar-refractivity contribution in [2.24, 2.45) is 0 Å². The number of ether oxygens (including phenoxy) is 2. The molecule has 100 valence electrons. The molecule has 5 heteroatoms. The Labute approximate surface area is 104 Å². The van der Waals surface area contributed by atoms with Crippen LogP contribution in [0.1, 0.15) is 25.3 Å². The highest BCUT2D eigenvalue weighted by Gasteiger charge is 2.31. The molecule has 0 aliphatic carbocycles. The van der Waals surface area contributed by atoms with E-state index in [-0.39, 0.29) is 18.0 Å². The summed E-state index contributed by atoms with van der Waals surface area (Å²) in [6.45, 7) is 2.52. The van der Waals surface area contributed by atoms with Gasteiger partial charge < -0.3 is 9.47 Å². The van der Waals surface area contributed by atoms with Crippen molar-refractivity contribution < 1.29 is 22.6 Å².